The van der Waals surface area contributed by atoms with E-state index in [2.05, 4.69) is 15.5 Å². The minimum atomic E-state index is -0.345. The van der Waals surface area contributed by atoms with Gasteiger partial charge in [0.25, 0.3) is 5.91 Å². The molecule has 1 aromatic carbocycles. The molecule has 5 heteroatoms. The normalized spacial score (nSPS) is 10.2. The summed E-state index contributed by atoms with van der Waals surface area (Å²) in [6, 6.07) is 8.25. The lowest BCUT2D eigenvalue weighted by Gasteiger charge is -2.04. The molecule has 0 unspecified atom stereocenters. The summed E-state index contributed by atoms with van der Waals surface area (Å²) in [5.74, 6) is -0.311. The number of aromatic amines is 1. The Kier molecular flexibility index (Phi) is 3.09. The fourth-order valence-electron chi connectivity index (χ4n) is 1.42. The van der Waals surface area contributed by atoms with Crippen molar-refractivity contribution < 1.29 is 9.90 Å². The summed E-state index contributed by atoms with van der Waals surface area (Å²) in [7, 11) is 0. The summed E-state index contributed by atoms with van der Waals surface area (Å²) in [5.41, 5.74) is 1.58. The van der Waals surface area contributed by atoms with Crippen molar-refractivity contribution in [2.45, 2.75) is 13.3 Å². The maximum atomic E-state index is 11.8. The quantitative estimate of drug-likeness (QED) is 0.706. The first-order valence-electron chi connectivity index (χ1n) is 5.34. The number of phenols is 1. The van der Waals surface area contributed by atoms with Crippen molar-refractivity contribution in [3.8, 4) is 5.75 Å². The number of amides is 1. The van der Waals surface area contributed by atoms with Crippen LogP contribution in [-0.2, 0) is 6.42 Å². The van der Waals surface area contributed by atoms with Crippen molar-refractivity contribution in [2.75, 3.05) is 5.32 Å². The molecule has 0 aliphatic heterocycles. The van der Waals surface area contributed by atoms with Gasteiger partial charge in [-0.3, -0.25) is 9.89 Å². The molecule has 2 rings (SSSR count). The number of aryl methyl sites for hydroxylation is 1. The first-order valence-corrected chi connectivity index (χ1v) is 5.34. The fourth-order valence-corrected chi connectivity index (χ4v) is 1.42. The molecule has 2 aromatic rings. The number of anilines is 1. The summed E-state index contributed by atoms with van der Waals surface area (Å²) < 4.78 is 0. The van der Waals surface area contributed by atoms with Crippen LogP contribution in [0, 0.1) is 0 Å². The highest BCUT2D eigenvalue weighted by atomic mass is 16.3. The van der Waals surface area contributed by atoms with Gasteiger partial charge in [-0.05, 0) is 24.6 Å². The van der Waals surface area contributed by atoms with Gasteiger partial charge in [0.15, 0.2) is 5.69 Å². The molecule has 0 aliphatic rings. The van der Waals surface area contributed by atoms with Crippen molar-refractivity contribution in [2.24, 2.45) is 0 Å². The molecule has 17 heavy (non-hydrogen) atoms. The lowest BCUT2D eigenvalue weighted by molar-refractivity contribution is 0.102. The molecular formula is C12H13N3O2. The van der Waals surface area contributed by atoms with Crippen LogP contribution in [0.1, 0.15) is 23.1 Å². The number of carbonyl (C=O) groups is 1. The average Bonchev–Trinajstić information content (AvgIpc) is 2.81. The van der Waals surface area contributed by atoms with Gasteiger partial charge in [0.05, 0.1) is 5.69 Å². The van der Waals surface area contributed by atoms with Crippen LogP contribution in [0.25, 0.3) is 0 Å². The number of para-hydroxylation sites is 2. The Balaban J connectivity index is 2.14. The number of aromatic nitrogens is 2. The molecule has 0 atom stereocenters. The highest BCUT2D eigenvalue weighted by Gasteiger charge is 2.11. The van der Waals surface area contributed by atoms with Crippen molar-refractivity contribution in [1.82, 2.24) is 10.2 Å². The predicted octanol–water partition coefficient (Wildman–Crippen LogP) is 1.93. The van der Waals surface area contributed by atoms with Crippen LogP contribution in [0.2, 0.25) is 0 Å². The third-order valence-electron chi connectivity index (χ3n) is 2.40. The third-order valence-corrected chi connectivity index (χ3v) is 2.40. The lowest BCUT2D eigenvalue weighted by Crippen LogP contribution is -2.12. The minimum Gasteiger partial charge on any atom is -0.506 e. The summed E-state index contributed by atoms with van der Waals surface area (Å²) in [6.07, 6.45) is 0.789. The Morgan fingerprint density at radius 1 is 1.47 bits per heavy atom. The van der Waals surface area contributed by atoms with Crippen LogP contribution in [0.4, 0.5) is 5.69 Å². The SMILES string of the molecule is CCc1cc(C(=O)Nc2ccccc2O)n[nH]1. The standard InChI is InChI=1S/C12H13N3O2/c1-2-8-7-10(15-14-8)12(17)13-9-5-3-4-6-11(9)16/h3-7,16H,2H2,1H3,(H,13,17)(H,14,15). The molecule has 1 heterocycles. The van der Waals surface area contributed by atoms with Gasteiger partial charge in [-0.1, -0.05) is 19.1 Å². The summed E-state index contributed by atoms with van der Waals surface area (Å²) in [5, 5.41) is 18.8. The van der Waals surface area contributed by atoms with Crippen molar-refractivity contribution in [3.63, 3.8) is 0 Å². The van der Waals surface area contributed by atoms with E-state index in [4.69, 9.17) is 0 Å². The van der Waals surface area contributed by atoms with Crippen LogP contribution < -0.4 is 5.32 Å². The van der Waals surface area contributed by atoms with E-state index in [9.17, 15) is 9.90 Å². The maximum Gasteiger partial charge on any atom is 0.276 e. The summed E-state index contributed by atoms with van der Waals surface area (Å²) in [4.78, 5) is 11.8. The minimum absolute atomic E-state index is 0.0344. The van der Waals surface area contributed by atoms with Gasteiger partial charge in [-0.2, -0.15) is 5.10 Å². The van der Waals surface area contributed by atoms with Crippen LogP contribution in [0.5, 0.6) is 5.75 Å². The highest BCUT2D eigenvalue weighted by Crippen LogP contribution is 2.21. The Bertz CT molecular complexity index is 534. The third kappa shape index (κ3) is 2.44. The number of H-pyrrole nitrogens is 1. The number of nitrogens with one attached hydrogen (secondary N) is 2. The van der Waals surface area contributed by atoms with Gasteiger partial charge in [0.2, 0.25) is 0 Å². The second kappa shape index (κ2) is 4.69. The zero-order valence-corrected chi connectivity index (χ0v) is 9.40. The number of phenolic OH excluding ortho intramolecular Hbond substituents is 1. The Morgan fingerprint density at radius 3 is 2.88 bits per heavy atom. The van der Waals surface area contributed by atoms with Gasteiger partial charge in [-0.25, -0.2) is 0 Å². The topological polar surface area (TPSA) is 78.0 Å². The molecule has 0 aliphatic carbocycles. The van der Waals surface area contributed by atoms with Gasteiger partial charge >= 0.3 is 0 Å². The molecule has 5 nitrogen and oxygen atoms in total. The molecule has 1 aromatic heterocycles. The number of hydrogen-bond donors (Lipinski definition) is 3. The van der Waals surface area contributed by atoms with Crippen LogP contribution in [-0.4, -0.2) is 21.2 Å². The van der Waals surface area contributed by atoms with E-state index < -0.39 is 0 Å². The molecule has 1 amide bonds. The Hall–Kier alpha value is -2.30. The Morgan fingerprint density at radius 2 is 2.24 bits per heavy atom. The Labute approximate surface area is 98.5 Å². The zero-order chi connectivity index (χ0) is 12.3. The van der Waals surface area contributed by atoms with E-state index in [1.807, 2.05) is 6.92 Å². The van der Waals surface area contributed by atoms with E-state index in [0.717, 1.165) is 12.1 Å². The second-order valence-corrected chi connectivity index (χ2v) is 3.60. The van der Waals surface area contributed by atoms with Gasteiger partial charge in [0.1, 0.15) is 5.75 Å². The summed E-state index contributed by atoms with van der Waals surface area (Å²) in [6.45, 7) is 1.97. The number of hydrogen-bond acceptors (Lipinski definition) is 3. The molecule has 0 bridgehead atoms. The van der Waals surface area contributed by atoms with E-state index in [0.29, 0.717) is 11.4 Å². The monoisotopic (exact) mass is 231 g/mol. The largest absolute Gasteiger partial charge is 0.506 e. The number of nitrogens with zero attached hydrogens (tertiary/aromatic N) is 1. The van der Waals surface area contributed by atoms with Crippen molar-refractivity contribution >= 4 is 11.6 Å². The van der Waals surface area contributed by atoms with Gasteiger partial charge in [0, 0.05) is 5.69 Å². The molecule has 0 saturated heterocycles. The maximum absolute atomic E-state index is 11.8. The predicted molar refractivity (Wildman–Crippen MR) is 64.0 cm³/mol. The smallest absolute Gasteiger partial charge is 0.276 e. The number of aromatic hydroxyl groups is 1. The van der Waals surface area contributed by atoms with Crippen LogP contribution in [0.15, 0.2) is 30.3 Å². The molecule has 88 valence electrons. The van der Waals surface area contributed by atoms with Crippen LogP contribution in [0.3, 0.4) is 0 Å². The van der Waals surface area contributed by atoms with Crippen molar-refractivity contribution in [3.05, 3.63) is 41.7 Å². The molecule has 0 saturated carbocycles. The van der Waals surface area contributed by atoms with Crippen molar-refractivity contribution in [1.29, 1.82) is 0 Å². The highest BCUT2D eigenvalue weighted by molar-refractivity contribution is 6.03. The first-order chi connectivity index (χ1) is 8.20. The first kappa shape index (κ1) is 11.2. The molecule has 3 N–H and O–H groups in total. The van der Waals surface area contributed by atoms with Crippen LogP contribution >= 0.6 is 0 Å². The molecule has 0 spiro atoms. The number of benzene rings is 1. The second-order valence-electron chi connectivity index (χ2n) is 3.60. The van der Waals surface area contributed by atoms with E-state index in [-0.39, 0.29) is 11.7 Å². The molecule has 0 fully saturated rings. The zero-order valence-electron chi connectivity index (χ0n) is 9.40. The lowest BCUT2D eigenvalue weighted by atomic mass is 10.2. The average molecular weight is 231 g/mol. The number of rotatable bonds is 3. The molecule has 0 radical (unpaired) electrons. The van der Waals surface area contributed by atoms with E-state index in [1.165, 1.54) is 6.07 Å². The van der Waals surface area contributed by atoms with E-state index in [1.54, 1.807) is 24.3 Å². The summed E-state index contributed by atoms with van der Waals surface area (Å²) >= 11 is 0. The van der Waals surface area contributed by atoms with Gasteiger partial charge < -0.3 is 10.4 Å². The van der Waals surface area contributed by atoms with Gasteiger partial charge in [-0.15, -0.1) is 0 Å². The fraction of sp³-hybridized carbons (Fsp3) is 0.167. The number of carbonyl (C=O) groups excluding carboxylic acids is 1. The molecular weight excluding hydrogens is 218 g/mol. The van der Waals surface area contributed by atoms with E-state index >= 15 is 0 Å².